The van der Waals surface area contributed by atoms with Crippen LogP contribution in [-0.2, 0) is 6.42 Å². The lowest BCUT2D eigenvalue weighted by atomic mass is 9.86. The molecule has 5 nitrogen and oxygen atoms in total. The largest absolute Gasteiger partial charge is 0.339 e. The lowest BCUT2D eigenvalue weighted by Crippen LogP contribution is -2.29. The number of aryl methyl sites for hydroxylation is 1. The van der Waals surface area contributed by atoms with Crippen molar-refractivity contribution in [2.24, 2.45) is 0 Å². The van der Waals surface area contributed by atoms with Gasteiger partial charge in [0, 0.05) is 18.2 Å². The first-order valence-corrected chi connectivity index (χ1v) is 7.77. The average molecular weight is 286 g/mol. The Labute approximate surface area is 125 Å². The van der Waals surface area contributed by atoms with E-state index in [9.17, 15) is 0 Å². The summed E-state index contributed by atoms with van der Waals surface area (Å²) in [5.41, 5.74) is 2.00. The number of rotatable bonds is 4. The van der Waals surface area contributed by atoms with Crippen LogP contribution in [0.4, 0.5) is 0 Å². The molecule has 1 aliphatic carbocycles. The van der Waals surface area contributed by atoms with E-state index in [0.717, 1.165) is 36.4 Å². The molecule has 0 bridgehead atoms. The average Bonchev–Trinajstić information content (AvgIpc) is 3.04. The van der Waals surface area contributed by atoms with E-state index in [1.54, 1.807) is 6.20 Å². The second-order valence-electron chi connectivity index (χ2n) is 5.66. The fraction of sp³-hybridized carbons (Fsp3) is 0.562. The Morgan fingerprint density at radius 1 is 1.29 bits per heavy atom. The molecule has 112 valence electrons. The van der Waals surface area contributed by atoms with Crippen molar-refractivity contribution in [2.75, 3.05) is 7.05 Å². The van der Waals surface area contributed by atoms with Gasteiger partial charge in [-0.3, -0.25) is 4.98 Å². The zero-order valence-corrected chi connectivity index (χ0v) is 12.7. The van der Waals surface area contributed by atoms with Gasteiger partial charge in [0.2, 0.25) is 11.7 Å². The van der Waals surface area contributed by atoms with E-state index in [0.29, 0.717) is 17.8 Å². The van der Waals surface area contributed by atoms with E-state index in [2.05, 4.69) is 33.4 Å². The van der Waals surface area contributed by atoms with Gasteiger partial charge in [0.15, 0.2) is 0 Å². The Hall–Kier alpha value is -1.75. The molecule has 0 amide bonds. The van der Waals surface area contributed by atoms with Crippen molar-refractivity contribution in [2.45, 2.75) is 51.0 Å². The first-order chi connectivity index (χ1) is 10.3. The van der Waals surface area contributed by atoms with Crippen LogP contribution in [0.15, 0.2) is 22.9 Å². The van der Waals surface area contributed by atoms with E-state index < -0.39 is 0 Å². The monoisotopic (exact) mass is 286 g/mol. The molecule has 0 unspecified atom stereocenters. The van der Waals surface area contributed by atoms with Crippen LogP contribution in [0.3, 0.4) is 0 Å². The van der Waals surface area contributed by atoms with Crippen LogP contribution < -0.4 is 5.32 Å². The van der Waals surface area contributed by atoms with Gasteiger partial charge in [0.05, 0.1) is 0 Å². The fourth-order valence-corrected chi connectivity index (χ4v) is 3.05. The lowest BCUT2D eigenvalue weighted by Gasteiger charge is -2.25. The van der Waals surface area contributed by atoms with Gasteiger partial charge in [0.1, 0.15) is 5.69 Å². The third kappa shape index (κ3) is 2.97. The third-order valence-electron chi connectivity index (χ3n) is 4.41. The molecule has 1 saturated carbocycles. The highest BCUT2D eigenvalue weighted by molar-refractivity contribution is 5.53. The molecule has 0 atom stereocenters. The maximum Gasteiger partial charge on any atom is 0.230 e. The highest BCUT2D eigenvalue weighted by atomic mass is 16.5. The summed E-state index contributed by atoms with van der Waals surface area (Å²) in [6.45, 7) is 2.11. The summed E-state index contributed by atoms with van der Waals surface area (Å²) >= 11 is 0. The van der Waals surface area contributed by atoms with Crippen molar-refractivity contribution in [1.29, 1.82) is 0 Å². The molecule has 1 aliphatic rings. The molecular weight excluding hydrogens is 264 g/mol. The number of hydrogen-bond acceptors (Lipinski definition) is 5. The van der Waals surface area contributed by atoms with Crippen LogP contribution in [0, 0.1) is 0 Å². The second-order valence-corrected chi connectivity index (χ2v) is 5.66. The van der Waals surface area contributed by atoms with Gasteiger partial charge >= 0.3 is 0 Å². The molecule has 3 rings (SSSR count). The second kappa shape index (κ2) is 6.35. The molecular formula is C16H22N4O. The van der Waals surface area contributed by atoms with Crippen molar-refractivity contribution in [3.63, 3.8) is 0 Å². The molecule has 0 radical (unpaired) electrons. The molecule has 5 heteroatoms. The fourth-order valence-electron chi connectivity index (χ4n) is 3.05. The minimum atomic E-state index is 0.393. The van der Waals surface area contributed by atoms with Crippen LogP contribution in [0.1, 0.15) is 50.0 Å². The van der Waals surface area contributed by atoms with Crippen LogP contribution in [0.2, 0.25) is 0 Å². The summed E-state index contributed by atoms with van der Waals surface area (Å²) < 4.78 is 5.51. The normalized spacial score (nSPS) is 22.4. The number of nitrogens with one attached hydrogen (secondary N) is 1. The summed E-state index contributed by atoms with van der Waals surface area (Å²) in [5.74, 6) is 1.79. The molecule has 0 spiro atoms. The number of hydrogen-bond donors (Lipinski definition) is 1. The van der Waals surface area contributed by atoms with Gasteiger partial charge in [-0.15, -0.1) is 0 Å². The summed E-state index contributed by atoms with van der Waals surface area (Å²) in [6.07, 6.45) is 7.25. The summed E-state index contributed by atoms with van der Waals surface area (Å²) in [5, 5.41) is 7.49. The smallest absolute Gasteiger partial charge is 0.230 e. The number of pyridine rings is 1. The molecule has 21 heavy (non-hydrogen) atoms. The number of aromatic nitrogens is 3. The SMILES string of the molecule is CCc1cccnc1-c1noc(C2CCC(NC)CC2)n1. The summed E-state index contributed by atoms with van der Waals surface area (Å²) in [6, 6.07) is 4.64. The molecule has 0 aromatic carbocycles. The highest BCUT2D eigenvalue weighted by Gasteiger charge is 2.26. The van der Waals surface area contributed by atoms with Crippen molar-refractivity contribution in [3.8, 4) is 11.5 Å². The minimum absolute atomic E-state index is 0.393. The first-order valence-electron chi connectivity index (χ1n) is 7.77. The lowest BCUT2D eigenvalue weighted by molar-refractivity contribution is 0.288. The van der Waals surface area contributed by atoms with Crippen molar-refractivity contribution >= 4 is 0 Å². The topological polar surface area (TPSA) is 63.8 Å². The number of nitrogens with zero attached hydrogens (tertiary/aromatic N) is 3. The summed E-state index contributed by atoms with van der Waals surface area (Å²) in [7, 11) is 2.03. The standard InChI is InChI=1S/C16H22N4O/c1-3-11-5-4-10-18-14(11)15-19-16(21-20-15)12-6-8-13(17-2)9-7-12/h4-5,10,12-13,17H,3,6-9H2,1-2H3. The quantitative estimate of drug-likeness (QED) is 0.936. The predicted octanol–water partition coefficient (Wildman–Crippen LogP) is 2.94. The Morgan fingerprint density at radius 3 is 2.81 bits per heavy atom. The molecule has 1 N–H and O–H groups in total. The van der Waals surface area contributed by atoms with E-state index in [4.69, 9.17) is 4.52 Å². The molecule has 2 aromatic heterocycles. The van der Waals surface area contributed by atoms with Crippen LogP contribution >= 0.6 is 0 Å². The van der Waals surface area contributed by atoms with Gasteiger partial charge in [-0.05, 0) is 50.8 Å². The molecule has 0 aliphatic heterocycles. The van der Waals surface area contributed by atoms with Crippen LogP contribution in [0.25, 0.3) is 11.5 Å². The predicted molar refractivity (Wildman–Crippen MR) is 81.0 cm³/mol. The van der Waals surface area contributed by atoms with Gasteiger partial charge in [-0.1, -0.05) is 18.1 Å². The van der Waals surface area contributed by atoms with Crippen LogP contribution in [0.5, 0.6) is 0 Å². The Morgan fingerprint density at radius 2 is 2.10 bits per heavy atom. The maximum atomic E-state index is 5.51. The molecule has 2 aromatic rings. The van der Waals surface area contributed by atoms with Gasteiger partial charge in [-0.2, -0.15) is 4.98 Å². The maximum absolute atomic E-state index is 5.51. The zero-order valence-electron chi connectivity index (χ0n) is 12.7. The van der Waals surface area contributed by atoms with Crippen molar-refractivity contribution in [1.82, 2.24) is 20.4 Å². The third-order valence-corrected chi connectivity index (χ3v) is 4.41. The summed E-state index contributed by atoms with van der Waals surface area (Å²) in [4.78, 5) is 9.01. The van der Waals surface area contributed by atoms with Crippen molar-refractivity contribution in [3.05, 3.63) is 29.8 Å². The minimum Gasteiger partial charge on any atom is -0.339 e. The Balaban J connectivity index is 1.78. The van der Waals surface area contributed by atoms with Gasteiger partial charge in [-0.25, -0.2) is 0 Å². The van der Waals surface area contributed by atoms with Crippen LogP contribution in [-0.4, -0.2) is 28.2 Å². The zero-order chi connectivity index (χ0) is 14.7. The van der Waals surface area contributed by atoms with Crippen molar-refractivity contribution < 1.29 is 4.52 Å². The molecule has 0 saturated heterocycles. The first kappa shape index (κ1) is 14.2. The van der Waals surface area contributed by atoms with Gasteiger partial charge < -0.3 is 9.84 Å². The molecule has 1 fully saturated rings. The van der Waals surface area contributed by atoms with E-state index >= 15 is 0 Å². The Bertz CT molecular complexity index is 587. The van der Waals surface area contributed by atoms with Gasteiger partial charge in [0.25, 0.3) is 0 Å². The Kier molecular flexibility index (Phi) is 4.29. The highest BCUT2D eigenvalue weighted by Crippen LogP contribution is 2.32. The molecule has 2 heterocycles. The van der Waals surface area contributed by atoms with E-state index in [-0.39, 0.29) is 0 Å². The van der Waals surface area contributed by atoms with E-state index in [1.165, 1.54) is 12.8 Å². The van der Waals surface area contributed by atoms with E-state index in [1.807, 2.05) is 13.1 Å².